The Labute approximate surface area is 120 Å². The lowest BCUT2D eigenvalue weighted by Gasteiger charge is -2.27. The Hall–Kier alpha value is -1.83. The van der Waals surface area contributed by atoms with Crippen LogP contribution in [-0.4, -0.2) is 0 Å². The lowest BCUT2D eigenvalue weighted by Crippen LogP contribution is -2.12. The van der Waals surface area contributed by atoms with Gasteiger partial charge in [0.05, 0.1) is 5.56 Å². The molecule has 1 aliphatic carbocycles. The van der Waals surface area contributed by atoms with Crippen molar-refractivity contribution in [3.63, 3.8) is 0 Å². The zero-order chi connectivity index (χ0) is 15.5. The average molecular weight is 297 g/mol. The summed E-state index contributed by atoms with van der Waals surface area (Å²) in [4.78, 5) is 0. The third-order valence-corrected chi connectivity index (χ3v) is 3.97. The first-order valence-corrected chi connectivity index (χ1v) is 6.84. The molecule has 1 saturated carbocycles. The normalized spacial score (nSPS) is 23.7. The van der Waals surface area contributed by atoms with E-state index >= 15 is 0 Å². The zero-order valence-electron chi connectivity index (χ0n) is 11.3. The Morgan fingerprint density at radius 2 is 1.67 bits per heavy atom. The van der Waals surface area contributed by atoms with E-state index in [-0.39, 0.29) is 11.8 Å². The van der Waals surface area contributed by atoms with E-state index in [0.29, 0.717) is 0 Å². The van der Waals surface area contributed by atoms with Crippen LogP contribution in [0, 0.1) is 17.2 Å². The molecular formula is C16H15F4N. The van der Waals surface area contributed by atoms with Crippen molar-refractivity contribution < 1.29 is 17.6 Å². The molecule has 5 heteroatoms. The zero-order valence-corrected chi connectivity index (χ0v) is 11.3. The van der Waals surface area contributed by atoms with Gasteiger partial charge in [0, 0.05) is 0 Å². The Morgan fingerprint density at radius 3 is 2.14 bits per heavy atom. The highest BCUT2D eigenvalue weighted by atomic mass is 19.4. The van der Waals surface area contributed by atoms with E-state index in [9.17, 15) is 17.6 Å². The van der Waals surface area contributed by atoms with Crippen LogP contribution >= 0.6 is 0 Å². The van der Waals surface area contributed by atoms with Gasteiger partial charge in [0.1, 0.15) is 6.07 Å². The van der Waals surface area contributed by atoms with Crippen LogP contribution in [0.25, 0.3) is 0 Å². The molecule has 112 valence electrons. The van der Waals surface area contributed by atoms with Gasteiger partial charge in [-0.25, -0.2) is 0 Å². The Kier molecular flexibility index (Phi) is 4.66. The van der Waals surface area contributed by atoms with Crippen LogP contribution in [0.15, 0.2) is 36.2 Å². The highest BCUT2D eigenvalue weighted by Crippen LogP contribution is 2.38. The van der Waals surface area contributed by atoms with E-state index < -0.39 is 17.6 Å². The summed E-state index contributed by atoms with van der Waals surface area (Å²) >= 11 is 0. The summed E-state index contributed by atoms with van der Waals surface area (Å²) in [6, 6.07) is 6.73. The Balaban J connectivity index is 1.98. The molecule has 1 fully saturated rings. The molecule has 0 unspecified atom stereocenters. The number of rotatable bonds is 2. The maximum absolute atomic E-state index is 12.9. The molecule has 2 rings (SSSR count). The summed E-state index contributed by atoms with van der Waals surface area (Å²) in [7, 11) is 0. The maximum atomic E-state index is 12.9. The van der Waals surface area contributed by atoms with Gasteiger partial charge in [-0.1, -0.05) is 12.1 Å². The van der Waals surface area contributed by atoms with Crippen molar-refractivity contribution in [2.75, 3.05) is 0 Å². The molecule has 1 aromatic carbocycles. The van der Waals surface area contributed by atoms with Crippen molar-refractivity contribution in [3.05, 3.63) is 47.3 Å². The van der Waals surface area contributed by atoms with Crippen LogP contribution < -0.4 is 0 Å². The quantitative estimate of drug-likeness (QED) is 0.533. The van der Waals surface area contributed by atoms with Crippen LogP contribution in [0.1, 0.15) is 42.7 Å². The highest BCUT2D eigenvalue weighted by molar-refractivity contribution is 5.27. The second kappa shape index (κ2) is 6.30. The summed E-state index contributed by atoms with van der Waals surface area (Å²) in [6.07, 6.45) is 0.136. The van der Waals surface area contributed by atoms with E-state index in [4.69, 9.17) is 5.26 Å². The number of alkyl halides is 3. The molecular weight excluding hydrogens is 282 g/mol. The average Bonchev–Trinajstić information content (AvgIpc) is 2.47. The second-order valence-corrected chi connectivity index (χ2v) is 5.36. The molecule has 0 aliphatic heterocycles. The smallest absolute Gasteiger partial charge is 0.195 e. The minimum Gasteiger partial charge on any atom is -0.195 e. The van der Waals surface area contributed by atoms with Gasteiger partial charge in [0.15, 0.2) is 5.83 Å². The van der Waals surface area contributed by atoms with Crippen molar-refractivity contribution in [2.45, 2.75) is 37.8 Å². The van der Waals surface area contributed by atoms with Crippen LogP contribution in [-0.2, 0) is 6.18 Å². The molecule has 0 radical (unpaired) electrons. The number of hydrogen-bond acceptors (Lipinski definition) is 1. The summed E-state index contributed by atoms with van der Waals surface area (Å²) in [5.74, 6) is -0.495. The monoisotopic (exact) mass is 297 g/mol. The predicted octanol–water partition coefficient (Wildman–Crippen LogP) is 5.36. The molecule has 0 saturated heterocycles. The topological polar surface area (TPSA) is 23.8 Å². The first-order chi connectivity index (χ1) is 9.90. The first-order valence-electron chi connectivity index (χ1n) is 6.84. The van der Waals surface area contributed by atoms with Crippen molar-refractivity contribution in [3.8, 4) is 6.07 Å². The molecule has 0 bridgehead atoms. The molecule has 1 nitrogen and oxygen atoms in total. The van der Waals surface area contributed by atoms with E-state index in [1.165, 1.54) is 24.3 Å². The molecule has 0 atom stereocenters. The van der Waals surface area contributed by atoms with E-state index in [0.717, 1.165) is 43.4 Å². The molecule has 1 aromatic rings. The third kappa shape index (κ3) is 4.07. The predicted molar refractivity (Wildman–Crippen MR) is 70.9 cm³/mol. The first kappa shape index (κ1) is 15.6. The third-order valence-electron chi connectivity index (χ3n) is 3.97. The molecule has 0 amide bonds. The molecule has 1 aliphatic rings. The number of nitriles is 1. The number of benzene rings is 1. The maximum Gasteiger partial charge on any atom is 0.416 e. The fourth-order valence-electron chi connectivity index (χ4n) is 2.81. The van der Waals surface area contributed by atoms with Gasteiger partial charge in [-0.2, -0.15) is 22.8 Å². The SMILES string of the molecule is N#C/C(F)=C/[C@H]1CC[C@H](c2ccc(C(F)(F)F)cc2)CC1. The Morgan fingerprint density at radius 1 is 1.10 bits per heavy atom. The van der Waals surface area contributed by atoms with Crippen LogP contribution in [0.4, 0.5) is 17.6 Å². The van der Waals surface area contributed by atoms with Crippen LogP contribution in [0.2, 0.25) is 0 Å². The van der Waals surface area contributed by atoms with Crippen LogP contribution in [0.5, 0.6) is 0 Å². The number of hydrogen-bond donors (Lipinski definition) is 0. The lowest BCUT2D eigenvalue weighted by molar-refractivity contribution is -0.137. The molecule has 0 N–H and O–H groups in total. The lowest BCUT2D eigenvalue weighted by atomic mass is 9.78. The minimum atomic E-state index is -4.31. The summed E-state index contributed by atoms with van der Waals surface area (Å²) < 4.78 is 50.4. The summed E-state index contributed by atoms with van der Waals surface area (Å²) in [6.45, 7) is 0. The fourth-order valence-corrected chi connectivity index (χ4v) is 2.81. The van der Waals surface area contributed by atoms with Crippen molar-refractivity contribution in [1.82, 2.24) is 0 Å². The number of halogens is 4. The van der Waals surface area contributed by atoms with Crippen molar-refractivity contribution >= 4 is 0 Å². The standard InChI is InChI=1S/C16H15F4N/c17-15(10-21)9-11-1-3-12(4-2-11)13-5-7-14(8-6-13)16(18,19)20/h5-9,11-12H,1-4H2/b15-9-/t11-,12-. The summed E-state index contributed by atoms with van der Waals surface area (Å²) in [5.41, 5.74) is 0.255. The highest BCUT2D eigenvalue weighted by Gasteiger charge is 2.30. The van der Waals surface area contributed by atoms with Gasteiger partial charge < -0.3 is 0 Å². The number of allylic oxidation sites excluding steroid dienone is 2. The fraction of sp³-hybridized carbons (Fsp3) is 0.438. The van der Waals surface area contributed by atoms with Gasteiger partial charge in [-0.05, 0) is 61.3 Å². The largest absolute Gasteiger partial charge is 0.416 e. The van der Waals surface area contributed by atoms with Crippen molar-refractivity contribution in [2.24, 2.45) is 5.92 Å². The van der Waals surface area contributed by atoms with Gasteiger partial charge in [0.2, 0.25) is 0 Å². The summed E-state index contributed by atoms with van der Waals surface area (Å²) in [5, 5.41) is 8.40. The van der Waals surface area contributed by atoms with Crippen molar-refractivity contribution in [1.29, 1.82) is 5.26 Å². The Bertz CT molecular complexity index is 543. The van der Waals surface area contributed by atoms with E-state index in [1.54, 1.807) is 0 Å². The van der Waals surface area contributed by atoms with Gasteiger partial charge >= 0.3 is 6.18 Å². The number of nitrogens with zero attached hydrogens (tertiary/aromatic N) is 1. The second-order valence-electron chi connectivity index (χ2n) is 5.36. The molecule has 0 aromatic heterocycles. The van der Waals surface area contributed by atoms with Crippen LogP contribution in [0.3, 0.4) is 0 Å². The van der Waals surface area contributed by atoms with Gasteiger partial charge in [0.25, 0.3) is 0 Å². The molecule has 0 spiro atoms. The molecule has 0 heterocycles. The molecule has 21 heavy (non-hydrogen) atoms. The minimum absolute atomic E-state index is 0.0512. The van der Waals surface area contributed by atoms with E-state index in [2.05, 4.69) is 0 Å². The van der Waals surface area contributed by atoms with Gasteiger partial charge in [-0.15, -0.1) is 0 Å². The van der Waals surface area contributed by atoms with Gasteiger partial charge in [-0.3, -0.25) is 0 Å². The van der Waals surface area contributed by atoms with E-state index in [1.807, 2.05) is 0 Å².